The lowest BCUT2D eigenvalue weighted by atomic mass is 10.0. The number of nitrogens with one attached hydrogen (secondary N) is 1. The number of hydrogen-bond acceptors (Lipinski definition) is 4. The molecule has 0 bridgehead atoms. The predicted molar refractivity (Wildman–Crippen MR) is 66.3 cm³/mol. The van der Waals surface area contributed by atoms with Gasteiger partial charge in [-0.2, -0.15) is 8.78 Å². The van der Waals surface area contributed by atoms with Crippen molar-refractivity contribution in [1.29, 1.82) is 0 Å². The van der Waals surface area contributed by atoms with Crippen molar-refractivity contribution in [2.24, 2.45) is 0 Å². The molecule has 0 radical (unpaired) electrons. The lowest BCUT2D eigenvalue weighted by molar-refractivity contribution is -0.386. The molecule has 0 saturated carbocycles. The Morgan fingerprint density at radius 1 is 1.40 bits per heavy atom. The largest absolute Gasteiger partial charge is 0.381 e. The maximum absolute atomic E-state index is 13.8. The highest BCUT2D eigenvalue weighted by Gasteiger charge is 2.49. The first kappa shape index (κ1) is 16.0. The van der Waals surface area contributed by atoms with Gasteiger partial charge in [-0.05, 0) is 19.9 Å². The molecule has 1 atom stereocenters. The molecule has 6 nitrogen and oxygen atoms in total. The summed E-state index contributed by atoms with van der Waals surface area (Å²) in [4.78, 5) is 21.2. The molecule has 0 aliphatic rings. The summed E-state index contributed by atoms with van der Waals surface area (Å²) in [5, 5.41) is 22.4. The van der Waals surface area contributed by atoms with E-state index in [0.29, 0.717) is 0 Å². The van der Waals surface area contributed by atoms with Gasteiger partial charge in [-0.15, -0.1) is 0 Å². The zero-order chi connectivity index (χ0) is 15.5. The van der Waals surface area contributed by atoms with Crippen molar-refractivity contribution >= 4 is 11.6 Å². The van der Waals surface area contributed by atoms with Crippen molar-refractivity contribution in [3.05, 3.63) is 39.9 Å². The Labute approximate surface area is 113 Å². The molecule has 2 N–H and O–H groups in total. The highest BCUT2D eigenvalue weighted by Crippen LogP contribution is 2.36. The quantitative estimate of drug-likeness (QED) is 0.638. The van der Waals surface area contributed by atoms with E-state index in [1.807, 2.05) is 5.32 Å². The van der Waals surface area contributed by atoms with Crippen LogP contribution in [-0.4, -0.2) is 27.9 Å². The molecule has 1 aromatic carbocycles. The number of aliphatic hydroxyl groups is 1. The van der Waals surface area contributed by atoms with Gasteiger partial charge < -0.3 is 10.4 Å². The SMILES string of the molecule is CC(C)NC(=O)C(F)(F)C(O)c1ccccc1[N+](=O)[O-]. The highest BCUT2D eigenvalue weighted by atomic mass is 19.3. The number of hydrogen-bond donors (Lipinski definition) is 2. The summed E-state index contributed by atoms with van der Waals surface area (Å²) in [6.45, 7) is 2.96. The Balaban J connectivity index is 3.13. The monoisotopic (exact) mass is 288 g/mol. The number of nitrogens with zero attached hydrogens (tertiary/aromatic N) is 1. The Hall–Kier alpha value is -2.09. The van der Waals surface area contributed by atoms with Crippen LogP contribution in [0.15, 0.2) is 24.3 Å². The first-order chi connectivity index (χ1) is 9.17. The van der Waals surface area contributed by atoms with Crippen molar-refractivity contribution < 1.29 is 23.6 Å². The van der Waals surface area contributed by atoms with Gasteiger partial charge in [0.2, 0.25) is 0 Å². The topological polar surface area (TPSA) is 92.5 Å². The van der Waals surface area contributed by atoms with Crippen LogP contribution >= 0.6 is 0 Å². The molecule has 0 spiro atoms. The zero-order valence-electron chi connectivity index (χ0n) is 10.8. The normalized spacial score (nSPS) is 13.1. The van der Waals surface area contributed by atoms with Gasteiger partial charge in [-0.1, -0.05) is 12.1 Å². The molecule has 0 saturated heterocycles. The van der Waals surface area contributed by atoms with Crippen molar-refractivity contribution in [1.82, 2.24) is 5.32 Å². The van der Waals surface area contributed by atoms with Gasteiger partial charge in [-0.3, -0.25) is 14.9 Å². The van der Waals surface area contributed by atoms with Crippen LogP contribution in [0.3, 0.4) is 0 Å². The van der Waals surface area contributed by atoms with E-state index in [0.717, 1.165) is 12.1 Å². The number of carbonyl (C=O) groups is 1. The molecule has 0 fully saturated rings. The molecule has 0 heterocycles. The fourth-order valence-corrected chi connectivity index (χ4v) is 1.56. The number of benzene rings is 1. The summed E-state index contributed by atoms with van der Waals surface area (Å²) in [6.07, 6.45) is -2.59. The van der Waals surface area contributed by atoms with E-state index in [1.54, 1.807) is 0 Å². The summed E-state index contributed by atoms with van der Waals surface area (Å²) in [5.41, 5.74) is -1.28. The second-order valence-electron chi connectivity index (χ2n) is 4.47. The standard InChI is InChI=1S/C12H14F2N2O4/c1-7(2)15-11(18)12(13,14)10(17)8-5-3-4-6-9(8)16(19)20/h3-7,10,17H,1-2H3,(H,15,18). The summed E-state index contributed by atoms with van der Waals surface area (Å²) in [5.74, 6) is -5.85. The molecule has 0 aromatic heterocycles. The summed E-state index contributed by atoms with van der Waals surface area (Å²) < 4.78 is 27.6. The van der Waals surface area contributed by atoms with Crippen LogP contribution in [0.1, 0.15) is 25.5 Å². The molecule has 0 aliphatic carbocycles. The molecule has 1 aromatic rings. The van der Waals surface area contributed by atoms with Crippen LogP contribution in [0, 0.1) is 10.1 Å². The van der Waals surface area contributed by atoms with Crippen LogP contribution in [0.4, 0.5) is 14.5 Å². The Kier molecular flexibility index (Phi) is 4.72. The van der Waals surface area contributed by atoms with Crippen molar-refractivity contribution in [2.45, 2.75) is 31.9 Å². The average Bonchev–Trinajstić information content (AvgIpc) is 2.36. The molecule has 0 aliphatic heterocycles. The number of amides is 1. The van der Waals surface area contributed by atoms with Gasteiger partial charge in [-0.25, -0.2) is 0 Å². The number of nitro groups is 1. The number of alkyl halides is 2. The molecule has 1 unspecified atom stereocenters. The van der Waals surface area contributed by atoms with E-state index in [1.165, 1.54) is 26.0 Å². The Morgan fingerprint density at radius 2 is 1.95 bits per heavy atom. The molecular weight excluding hydrogens is 274 g/mol. The van der Waals surface area contributed by atoms with E-state index < -0.39 is 40.1 Å². The molecule has 20 heavy (non-hydrogen) atoms. The number of aliphatic hydroxyl groups excluding tert-OH is 1. The molecule has 8 heteroatoms. The number of rotatable bonds is 5. The molecular formula is C12H14F2N2O4. The third kappa shape index (κ3) is 3.27. The van der Waals surface area contributed by atoms with Crippen molar-refractivity contribution in [3.8, 4) is 0 Å². The number of carbonyl (C=O) groups excluding carboxylic acids is 1. The van der Waals surface area contributed by atoms with Crippen LogP contribution < -0.4 is 5.32 Å². The number of halogens is 2. The summed E-state index contributed by atoms with van der Waals surface area (Å²) in [7, 11) is 0. The van der Waals surface area contributed by atoms with Crippen LogP contribution in [-0.2, 0) is 4.79 Å². The third-order valence-corrected chi connectivity index (χ3v) is 2.49. The highest BCUT2D eigenvalue weighted by molar-refractivity contribution is 5.84. The maximum atomic E-state index is 13.8. The van der Waals surface area contributed by atoms with Crippen molar-refractivity contribution in [3.63, 3.8) is 0 Å². The van der Waals surface area contributed by atoms with E-state index in [4.69, 9.17) is 0 Å². The second-order valence-corrected chi connectivity index (χ2v) is 4.47. The second kappa shape index (κ2) is 5.91. The van der Waals surface area contributed by atoms with E-state index in [-0.39, 0.29) is 0 Å². The van der Waals surface area contributed by atoms with Gasteiger partial charge in [0, 0.05) is 12.1 Å². The Bertz CT molecular complexity index is 520. The molecule has 1 amide bonds. The van der Waals surface area contributed by atoms with E-state index in [2.05, 4.69) is 0 Å². The van der Waals surface area contributed by atoms with Crippen LogP contribution in [0.25, 0.3) is 0 Å². The number of para-hydroxylation sites is 1. The maximum Gasteiger partial charge on any atom is 0.354 e. The Morgan fingerprint density at radius 3 is 2.45 bits per heavy atom. The van der Waals surface area contributed by atoms with Gasteiger partial charge >= 0.3 is 5.92 Å². The van der Waals surface area contributed by atoms with Gasteiger partial charge in [0.25, 0.3) is 11.6 Å². The van der Waals surface area contributed by atoms with Crippen molar-refractivity contribution in [2.75, 3.05) is 0 Å². The third-order valence-electron chi connectivity index (χ3n) is 2.49. The summed E-state index contributed by atoms with van der Waals surface area (Å²) >= 11 is 0. The molecule has 1 rings (SSSR count). The molecule has 110 valence electrons. The fourth-order valence-electron chi connectivity index (χ4n) is 1.56. The number of nitro benzene ring substituents is 1. The minimum Gasteiger partial charge on any atom is -0.381 e. The van der Waals surface area contributed by atoms with E-state index >= 15 is 0 Å². The van der Waals surface area contributed by atoms with Crippen LogP contribution in [0.2, 0.25) is 0 Å². The van der Waals surface area contributed by atoms with Gasteiger partial charge in [0.05, 0.1) is 10.5 Å². The lowest BCUT2D eigenvalue weighted by Gasteiger charge is -2.22. The smallest absolute Gasteiger partial charge is 0.354 e. The fraction of sp³-hybridized carbons (Fsp3) is 0.417. The van der Waals surface area contributed by atoms with Crippen LogP contribution in [0.5, 0.6) is 0 Å². The lowest BCUT2D eigenvalue weighted by Crippen LogP contribution is -2.46. The van der Waals surface area contributed by atoms with Gasteiger partial charge in [0.1, 0.15) is 0 Å². The zero-order valence-corrected chi connectivity index (χ0v) is 10.8. The predicted octanol–water partition coefficient (Wildman–Crippen LogP) is 1.79. The average molecular weight is 288 g/mol. The minimum absolute atomic E-state index is 0.550. The first-order valence-electron chi connectivity index (χ1n) is 5.78. The first-order valence-corrected chi connectivity index (χ1v) is 5.78. The van der Waals surface area contributed by atoms with Gasteiger partial charge in [0.15, 0.2) is 6.10 Å². The minimum atomic E-state index is -4.17. The van der Waals surface area contributed by atoms with E-state index in [9.17, 15) is 28.8 Å². The summed E-state index contributed by atoms with van der Waals surface area (Å²) in [6, 6.07) is 3.96.